The van der Waals surface area contributed by atoms with Gasteiger partial charge in [-0.25, -0.2) is 13.8 Å². The summed E-state index contributed by atoms with van der Waals surface area (Å²) >= 11 is 0. The Labute approximate surface area is 275 Å². The molecule has 2 aromatic carbocycles. The van der Waals surface area contributed by atoms with Crippen LogP contribution >= 0.6 is 0 Å². The molecule has 47 heavy (non-hydrogen) atoms. The average Bonchev–Trinajstić information content (AvgIpc) is 3.83. The second-order valence-corrected chi connectivity index (χ2v) is 14.3. The van der Waals surface area contributed by atoms with Gasteiger partial charge in [0, 0.05) is 42.4 Å². The second-order valence-electron chi connectivity index (χ2n) is 14.3. The van der Waals surface area contributed by atoms with Crippen molar-refractivity contribution in [3.63, 3.8) is 0 Å². The molecule has 2 N–H and O–H groups in total. The van der Waals surface area contributed by atoms with E-state index in [9.17, 15) is 10.2 Å². The molecular formula is C37H45F2N5O3. The Balaban J connectivity index is 1.39. The summed E-state index contributed by atoms with van der Waals surface area (Å²) in [6.45, 7) is 10.1. The van der Waals surface area contributed by atoms with Gasteiger partial charge in [0.25, 0.3) is 0 Å². The van der Waals surface area contributed by atoms with Crippen molar-refractivity contribution in [1.29, 1.82) is 0 Å². The van der Waals surface area contributed by atoms with Crippen LogP contribution in [0.3, 0.4) is 0 Å². The van der Waals surface area contributed by atoms with E-state index in [0.29, 0.717) is 71.5 Å². The molecular weight excluding hydrogens is 600 g/mol. The summed E-state index contributed by atoms with van der Waals surface area (Å²) in [4.78, 5) is 18.7. The number of aryl methyl sites for hydroxylation is 1. The maximum absolute atomic E-state index is 17.3. The van der Waals surface area contributed by atoms with E-state index in [1.807, 2.05) is 11.8 Å². The number of hydrogen-bond acceptors (Lipinski definition) is 8. The molecule has 3 aliphatic heterocycles. The zero-order valence-electron chi connectivity index (χ0n) is 27.4. The van der Waals surface area contributed by atoms with Crippen LogP contribution in [0.1, 0.15) is 69.9 Å². The first kappa shape index (κ1) is 32.1. The molecule has 10 heteroatoms. The number of phenolic OH excluding ortho intramolecular Hbond substituents is 1. The van der Waals surface area contributed by atoms with Gasteiger partial charge in [-0.15, -0.1) is 0 Å². The summed E-state index contributed by atoms with van der Waals surface area (Å²) in [7, 11) is 0. The molecule has 0 radical (unpaired) electrons. The number of allylic oxidation sites excluding steroid dienone is 2. The molecule has 8 nitrogen and oxygen atoms in total. The van der Waals surface area contributed by atoms with Crippen molar-refractivity contribution >= 4 is 35.1 Å². The highest BCUT2D eigenvalue weighted by atomic mass is 19.1. The van der Waals surface area contributed by atoms with Crippen molar-refractivity contribution in [3.05, 3.63) is 58.4 Å². The number of aromatic hydroxyl groups is 1. The molecule has 0 bridgehead atoms. The van der Waals surface area contributed by atoms with Gasteiger partial charge >= 0.3 is 0 Å². The number of halogens is 2. The van der Waals surface area contributed by atoms with Crippen molar-refractivity contribution in [1.82, 2.24) is 9.80 Å². The van der Waals surface area contributed by atoms with E-state index in [4.69, 9.17) is 9.73 Å². The van der Waals surface area contributed by atoms with E-state index in [-0.39, 0.29) is 41.5 Å². The van der Waals surface area contributed by atoms with E-state index in [2.05, 4.69) is 21.6 Å². The van der Waals surface area contributed by atoms with E-state index < -0.39 is 11.4 Å². The Morgan fingerprint density at radius 3 is 2.72 bits per heavy atom. The number of ether oxygens (including phenoxy) is 1. The van der Waals surface area contributed by atoms with Crippen LogP contribution in [-0.4, -0.2) is 95.7 Å². The summed E-state index contributed by atoms with van der Waals surface area (Å²) < 4.78 is 38.1. The third-order valence-electron chi connectivity index (χ3n) is 10.8. The molecule has 3 atom stereocenters. The molecule has 2 aliphatic carbocycles. The highest BCUT2D eigenvalue weighted by Gasteiger charge is 2.51. The van der Waals surface area contributed by atoms with Crippen molar-refractivity contribution in [2.45, 2.75) is 82.9 Å². The number of aliphatic hydroxyl groups is 1. The Morgan fingerprint density at radius 1 is 1.15 bits per heavy atom. The van der Waals surface area contributed by atoms with Gasteiger partial charge in [0.2, 0.25) is 0 Å². The highest BCUT2D eigenvalue weighted by molar-refractivity contribution is 6.29. The molecule has 7 rings (SSSR count). The standard InChI is InChI=1S/C37H45F2N5O3/c1-4-26-29(38)11-8-23-17-25(45)18-27(31(23)26)33-32(39)34(28(19-41-33)35(40-3)43-15-16-47-22-36(2,46)21-43)42-20-37-12-5-7-30(37)44(14-6-13-37)24-9-10-24/h8,11,17-19,24,30,45-46H,3-7,9-10,12-16,20-22H2,1-2H3/b35-28+,42-34?. The zero-order chi connectivity index (χ0) is 32.9. The van der Waals surface area contributed by atoms with Gasteiger partial charge in [-0.3, -0.25) is 14.9 Å². The molecule has 250 valence electrons. The van der Waals surface area contributed by atoms with E-state index >= 15 is 8.78 Å². The summed E-state index contributed by atoms with van der Waals surface area (Å²) in [6, 6.07) is 7.08. The number of fused-ring (bicyclic) bond motifs is 2. The normalized spacial score (nSPS) is 30.6. The number of aliphatic imine (C=N–C) groups is 3. The fraction of sp³-hybridized carbons (Fsp3) is 0.541. The SMILES string of the molecule is C=N/C(=C1/C=NC(c2cc(O)cc3ccc(F)c(CC)c23)=C(F)C1=NCC12CCCC1N(C1CC1)CCC2)N1CCOCC(C)(O)C1. The number of phenols is 1. The summed E-state index contributed by atoms with van der Waals surface area (Å²) in [5, 5.41) is 22.8. The van der Waals surface area contributed by atoms with E-state index in [0.717, 1.165) is 38.6 Å². The number of benzene rings is 2. The van der Waals surface area contributed by atoms with Gasteiger partial charge in [0.1, 0.15) is 34.4 Å². The first-order valence-corrected chi connectivity index (χ1v) is 17.1. The van der Waals surface area contributed by atoms with Crippen LogP contribution in [0.4, 0.5) is 8.78 Å². The molecule has 5 aliphatic rings. The highest BCUT2D eigenvalue weighted by Crippen LogP contribution is 2.51. The molecule has 2 aromatic rings. The van der Waals surface area contributed by atoms with Crippen LogP contribution in [0.5, 0.6) is 5.75 Å². The fourth-order valence-electron chi connectivity index (χ4n) is 8.60. The predicted octanol–water partition coefficient (Wildman–Crippen LogP) is 6.20. The van der Waals surface area contributed by atoms with Crippen LogP contribution in [0, 0.1) is 11.2 Å². The van der Waals surface area contributed by atoms with Crippen LogP contribution in [0.15, 0.2) is 56.5 Å². The van der Waals surface area contributed by atoms with Crippen molar-refractivity contribution in [2.24, 2.45) is 20.4 Å². The molecule has 0 aromatic heterocycles. The van der Waals surface area contributed by atoms with Crippen LogP contribution in [0.25, 0.3) is 16.5 Å². The minimum Gasteiger partial charge on any atom is -0.508 e. The lowest BCUT2D eigenvalue weighted by molar-refractivity contribution is -0.0198. The van der Waals surface area contributed by atoms with Gasteiger partial charge < -0.3 is 19.8 Å². The van der Waals surface area contributed by atoms with Gasteiger partial charge in [0.15, 0.2) is 5.83 Å². The monoisotopic (exact) mass is 645 g/mol. The molecule has 4 fully saturated rings. The van der Waals surface area contributed by atoms with Crippen molar-refractivity contribution in [2.75, 3.05) is 39.4 Å². The number of β-amino-alcohol motifs (C(OH)–C–C–N with tert-alkyl or cyclic N) is 1. The molecule has 3 unspecified atom stereocenters. The van der Waals surface area contributed by atoms with E-state index in [1.165, 1.54) is 25.0 Å². The quantitative estimate of drug-likeness (QED) is 0.350. The summed E-state index contributed by atoms with van der Waals surface area (Å²) in [6.07, 6.45) is 9.93. The summed E-state index contributed by atoms with van der Waals surface area (Å²) in [5.41, 5.74) is 0.0521. The Kier molecular flexibility index (Phi) is 8.55. The summed E-state index contributed by atoms with van der Waals surface area (Å²) in [5.74, 6) is -0.732. The lowest BCUT2D eigenvalue weighted by Gasteiger charge is -2.46. The van der Waals surface area contributed by atoms with E-state index in [1.54, 1.807) is 25.3 Å². The zero-order valence-corrected chi connectivity index (χ0v) is 27.4. The first-order chi connectivity index (χ1) is 22.6. The van der Waals surface area contributed by atoms with Crippen LogP contribution < -0.4 is 0 Å². The molecule has 0 spiro atoms. The average molecular weight is 646 g/mol. The number of piperidine rings is 1. The third-order valence-corrected chi connectivity index (χ3v) is 10.8. The number of nitrogens with zero attached hydrogens (tertiary/aromatic N) is 5. The second kappa shape index (κ2) is 12.5. The smallest absolute Gasteiger partial charge is 0.175 e. The van der Waals surface area contributed by atoms with Crippen molar-refractivity contribution in [3.8, 4) is 5.75 Å². The predicted molar refractivity (Wildman–Crippen MR) is 182 cm³/mol. The van der Waals surface area contributed by atoms with Gasteiger partial charge in [-0.1, -0.05) is 19.4 Å². The van der Waals surface area contributed by atoms with Gasteiger partial charge in [-0.05, 0) is 99.7 Å². The van der Waals surface area contributed by atoms with Gasteiger partial charge in [-0.2, -0.15) is 0 Å². The minimum atomic E-state index is -1.15. The first-order valence-electron chi connectivity index (χ1n) is 17.1. The Bertz CT molecular complexity index is 1710. The maximum Gasteiger partial charge on any atom is 0.175 e. The largest absolute Gasteiger partial charge is 0.508 e. The number of rotatable bonds is 7. The number of hydrogen-bond donors (Lipinski definition) is 2. The number of likely N-dealkylation sites (tertiary alicyclic amines) is 1. The van der Waals surface area contributed by atoms with Crippen LogP contribution in [0.2, 0.25) is 0 Å². The molecule has 3 heterocycles. The lowest BCUT2D eigenvalue weighted by Crippen LogP contribution is -2.51. The maximum atomic E-state index is 17.3. The molecule has 2 saturated carbocycles. The minimum absolute atomic E-state index is 0.00738. The topological polar surface area (TPSA) is 93.3 Å². The molecule has 2 saturated heterocycles. The Hall–Kier alpha value is -3.47. The lowest BCUT2D eigenvalue weighted by atomic mass is 9.74. The van der Waals surface area contributed by atoms with Gasteiger partial charge in [0.05, 0.1) is 25.3 Å². The van der Waals surface area contributed by atoms with Crippen LogP contribution in [-0.2, 0) is 11.2 Å². The third kappa shape index (κ3) is 5.93. The molecule has 0 amide bonds. The van der Waals surface area contributed by atoms with Crippen molar-refractivity contribution < 1.29 is 23.7 Å². The Morgan fingerprint density at radius 2 is 1.96 bits per heavy atom. The fourth-order valence-corrected chi connectivity index (χ4v) is 8.60.